The molecule has 0 radical (unpaired) electrons. The average Bonchev–Trinajstić information content (AvgIpc) is 3.11. The Balaban J connectivity index is 1.45. The van der Waals surface area contributed by atoms with Gasteiger partial charge in [0.15, 0.2) is 0 Å². The fourth-order valence-corrected chi connectivity index (χ4v) is 5.68. The second kappa shape index (κ2) is 8.55. The van der Waals surface area contributed by atoms with Gasteiger partial charge in [-0.15, -0.1) is 0 Å². The molecule has 170 valence electrons. The van der Waals surface area contributed by atoms with Crippen molar-refractivity contribution in [2.45, 2.75) is 19.3 Å². The van der Waals surface area contributed by atoms with Crippen LogP contribution in [0.15, 0.2) is 126 Å². The van der Waals surface area contributed by atoms with Gasteiger partial charge in [-0.1, -0.05) is 96.5 Å². The number of para-hydroxylation sites is 2. The molecule has 6 rings (SSSR count). The van der Waals surface area contributed by atoms with Crippen molar-refractivity contribution in [3.8, 4) is 22.3 Å². The highest BCUT2D eigenvalue weighted by Crippen LogP contribution is 2.50. The van der Waals surface area contributed by atoms with Crippen molar-refractivity contribution in [1.82, 2.24) is 0 Å². The summed E-state index contributed by atoms with van der Waals surface area (Å²) in [7, 11) is 0. The molecule has 5 aromatic carbocycles. The van der Waals surface area contributed by atoms with Gasteiger partial charge in [-0.25, -0.2) is 0 Å². The summed E-state index contributed by atoms with van der Waals surface area (Å²) >= 11 is 3.67. The van der Waals surface area contributed by atoms with E-state index in [0.717, 1.165) is 21.5 Å². The first-order valence-corrected chi connectivity index (χ1v) is 12.8. The molecule has 0 N–H and O–H groups in total. The van der Waals surface area contributed by atoms with Crippen molar-refractivity contribution in [2.24, 2.45) is 0 Å². The fraction of sp³-hybridized carbons (Fsp3) is 0.0909. The van der Waals surface area contributed by atoms with E-state index in [0.29, 0.717) is 0 Å². The van der Waals surface area contributed by atoms with E-state index in [1.165, 1.54) is 33.4 Å². The molecule has 0 bridgehead atoms. The summed E-state index contributed by atoms with van der Waals surface area (Å²) in [4.78, 5) is 2.31. The van der Waals surface area contributed by atoms with Crippen LogP contribution in [0.25, 0.3) is 22.3 Å². The minimum atomic E-state index is -0.0395. The molecule has 1 nitrogen and oxygen atoms in total. The number of benzene rings is 5. The van der Waals surface area contributed by atoms with Crippen LogP contribution in [0.4, 0.5) is 17.1 Å². The van der Waals surface area contributed by atoms with Crippen LogP contribution in [-0.2, 0) is 5.41 Å². The zero-order valence-corrected chi connectivity index (χ0v) is 21.5. The second-order valence-corrected chi connectivity index (χ2v) is 10.5. The van der Waals surface area contributed by atoms with E-state index >= 15 is 0 Å². The zero-order valence-electron chi connectivity index (χ0n) is 19.9. The molecule has 0 heterocycles. The Morgan fingerprint density at radius 3 is 1.71 bits per heavy atom. The minimum absolute atomic E-state index is 0.0395. The Hall–Kier alpha value is -3.62. The first kappa shape index (κ1) is 21.9. The topological polar surface area (TPSA) is 3.24 Å². The summed E-state index contributed by atoms with van der Waals surface area (Å²) in [6.45, 7) is 4.66. The van der Waals surface area contributed by atoms with Crippen molar-refractivity contribution >= 4 is 33.0 Å². The number of nitrogens with zero attached hydrogens (tertiary/aromatic N) is 1. The number of fused-ring (bicyclic) bond motifs is 3. The Bertz CT molecular complexity index is 1480. The van der Waals surface area contributed by atoms with E-state index in [9.17, 15) is 0 Å². The van der Waals surface area contributed by atoms with Gasteiger partial charge in [0.05, 0.1) is 0 Å². The van der Waals surface area contributed by atoms with Crippen molar-refractivity contribution in [2.75, 3.05) is 4.90 Å². The Labute approximate surface area is 215 Å². The number of halogens is 1. The molecule has 0 unspecified atom stereocenters. The summed E-state index contributed by atoms with van der Waals surface area (Å²) in [5.41, 5.74) is 11.3. The smallest absolute Gasteiger partial charge is 0.0467 e. The van der Waals surface area contributed by atoms with Gasteiger partial charge in [-0.2, -0.15) is 0 Å². The van der Waals surface area contributed by atoms with Crippen molar-refractivity contribution < 1.29 is 0 Å². The van der Waals surface area contributed by atoms with E-state index in [2.05, 4.69) is 156 Å². The molecular weight excluding hydrogens is 490 g/mol. The molecule has 1 aliphatic carbocycles. The lowest BCUT2D eigenvalue weighted by Crippen LogP contribution is -2.15. The van der Waals surface area contributed by atoms with Crippen LogP contribution >= 0.6 is 15.9 Å². The summed E-state index contributed by atoms with van der Waals surface area (Å²) in [6.07, 6.45) is 0. The van der Waals surface area contributed by atoms with E-state index in [4.69, 9.17) is 0 Å². The number of anilines is 3. The average molecular weight is 516 g/mol. The molecule has 0 saturated carbocycles. The molecule has 0 fully saturated rings. The number of hydrogen-bond donors (Lipinski definition) is 0. The highest BCUT2D eigenvalue weighted by atomic mass is 79.9. The quantitative estimate of drug-likeness (QED) is 0.230. The molecular formula is C33H26BrN. The lowest BCUT2D eigenvalue weighted by Gasteiger charge is -2.26. The third-order valence-corrected chi connectivity index (χ3v) is 7.60. The largest absolute Gasteiger partial charge is 0.310 e. The van der Waals surface area contributed by atoms with Gasteiger partial charge < -0.3 is 4.90 Å². The van der Waals surface area contributed by atoms with Crippen molar-refractivity contribution in [3.63, 3.8) is 0 Å². The Kier molecular flexibility index (Phi) is 5.35. The predicted molar refractivity (Wildman–Crippen MR) is 152 cm³/mol. The van der Waals surface area contributed by atoms with Crippen LogP contribution in [-0.4, -0.2) is 0 Å². The van der Waals surface area contributed by atoms with E-state index in [1.807, 2.05) is 0 Å². The lowest BCUT2D eigenvalue weighted by atomic mass is 9.81. The standard InChI is InChI=1S/C33H26BrN/c1-33(2)31-21-24(16-18-29(31)30-19-17-25(34)22-32(30)33)23-10-9-15-28(20-23)35(26-11-5-3-6-12-26)27-13-7-4-8-14-27/h3-22H,1-2H3. The Morgan fingerprint density at radius 1 is 0.514 bits per heavy atom. The third-order valence-electron chi connectivity index (χ3n) is 7.10. The van der Waals surface area contributed by atoms with Crippen LogP contribution in [0.1, 0.15) is 25.0 Å². The lowest BCUT2D eigenvalue weighted by molar-refractivity contribution is 0.660. The predicted octanol–water partition coefficient (Wildman–Crippen LogP) is 9.89. The highest BCUT2D eigenvalue weighted by Gasteiger charge is 2.35. The van der Waals surface area contributed by atoms with E-state index in [-0.39, 0.29) is 5.41 Å². The molecule has 0 amide bonds. The maximum absolute atomic E-state index is 3.67. The van der Waals surface area contributed by atoms with E-state index < -0.39 is 0 Å². The van der Waals surface area contributed by atoms with Crippen LogP contribution in [0.5, 0.6) is 0 Å². The fourth-order valence-electron chi connectivity index (χ4n) is 5.32. The van der Waals surface area contributed by atoms with Gasteiger partial charge in [0, 0.05) is 26.9 Å². The molecule has 5 aromatic rings. The van der Waals surface area contributed by atoms with Gasteiger partial charge in [0.25, 0.3) is 0 Å². The van der Waals surface area contributed by atoms with Gasteiger partial charge in [0.2, 0.25) is 0 Å². The minimum Gasteiger partial charge on any atom is -0.310 e. The van der Waals surface area contributed by atoms with Gasteiger partial charge in [0.1, 0.15) is 0 Å². The van der Waals surface area contributed by atoms with Crippen LogP contribution in [0.2, 0.25) is 0 Å². The normalized spacial score (nSPS) is 13.2. The summed E-state index contributed by atoms with van der Waals surface area (Å²) in [6, 6.07) is 43.6. The first-order chi connectivity index (χ1) is 17.0. The third kappa shape index (κ3) is 3.79. The molecule has 0 aliphatic heterocycles. The maximum Gasteiger partial charge on any atom is 0.0467 e. The van der Waals surface area contributed by atoms with Gasteiger partial charge in [-0.3, -0.25) is 0 Å². The SMILES string of the molecule is CC1(C)c2cc(Br)ccc2-c2ccc(-c3cccc(N(c4ccccc4)c4ccccc4)c3)cc21. The summed E-state index contributed by atoms with van der Waals surface area (Å²) < 4.78 is 1.13. The number of hydrogen-bond acceptors (Lipinski definition) is 1. The monoisotopic (exact) mass is 515 g/mol. The highest BCUT2D eigenvalue weighted by molar-refractivity contribution is 9.10. The molecule has 0 spiro atoms. The molecule has 2 heteroatoms. The van der Waals surface area contributed by atoms with Crippen LogP contribution < -0.4 is 4.90 Å². The zero-order chi connectivity index (χ0) is 24.0. The van der Waals surface area contributed by atoms with Crippen molar-refractivity contribution in [3.05, 3.63) is 137 Å². The maximum atomic E-state index is 3.67. The van der Waals surface area contributed by atoms with Crippen LogP contribution in [0, 0.1) is 0 Å². The summed E-state index contributed by atoms with van der Waals surface area (Å²) in [5, 5.41) is 0. The van der Waals surface area contributed by atoms with E-state index in [1.54, 1.807) is 0 Å². The molecule has 0 saturated heterocycles. The molecule has 1 aliphatic rings. The molecule has 0 atom stereocenters. The van der Waals surface area contributed by atoms with Gasteiger partial charge >= 0.3 is 0 Å². The van der Waals surface area contributed by atoms with Crippen molar-refractivity contribution in [1.29, 1.82) is 0 Å². The summed E-state index contributed by atoms with van der Waals surface area (Å²) in [5.74, 6) is 0. The molecule has 0 aromatic heterocycles. The second-order valence-electron chi connectivity index (χ2n) is 9.63. The van der Waals surface area contributed by atoms with Gasteiger partial charge in [-0.05, 0) is 88.0 Å². The molecule has 35 heavy (non-hydrogen) atoms. The first-order valence-electron chi connectivity index (χ1n) is 12.0. The number of rotatable bonds is 4. The van der Waals surface area contributed by atoms with Crippen LogP contribution in [0.3, 0.4) is 0 Å². The Morgan fingerprint density at radius 2 is 1.06 bits per heavy atom.